The lowest BCUT2D eigenvalue weighted by Gasteiger charge is -2.35. The monoisotopic (exact) mass is 303 g/mol. The molecule has 2 rings (SSSR count). The van der Waals surface area contributed by atoms with E-state index in [0.29, 0.717) is 24.0 Å². The Morgan fingerprint density at radius 2 is 2.26 bits per heavy atom. The van der Waals surface area contributed by atoms with Crippen LogP contribution in [0.4, 0.5) is 0 Å². The molecule has 1 saturated heterocycles. The Kier molecular flexibility index (Phi) is 4.62. The number of rotatable bonds is 4. The van der Waals surface area contributed by atoms with Crippen molar-refractivity contribution in [3.8, 4) is 0 Å². The highest BCUT2D eigenvalue weighted by atomic mass is 32.2. The average Bonchev–Trinajstić information content (AvgIpc) is 2.88. The molecule has 2 N–H and O–H groups in total. The Balaban J connectivity index is 2.25. The fourth-order valence-corrected chi connectivity index (χ4v) is 5.23. The normalized spacial score (nSPS) is 22.0. The predicted molar refractivity (Wildman–Crippen MR) is 77.7 cm³/mol. The number of likely N-dealkylation sites (N-methyl/N-ethyl adjacent to an activating group) is 1. The van der Waals surface area contributed by atoms with Crippen LogP contribution in [0.3, 0.4) is 0 Å². The van der Waals surface area contributed by atoms with E-state index in [1.165, 1.54) is 11.3 Å². The molecule has 5 nitrogen and oxygen atoms in total. The molecule has 0 spiro atoms. The number of nitrogens with two attached hydrogens (primary N) is 1. The summed E-state index contributed by atoms with van der Waals surface area (Å²) < 4.78 is 26.9. The molecule has 19 heavy (non-hydrogen) atoms. The van der Waals surface area contributed by atoms with Gasteiger partial charge in [0.25, 0.3) is 0 Å². The summed E-state index contributed by atoms with van der Waals surface area (Å²) in [7, 11) is 0.603. The van der Waals surface area contributed by atoms with E-state index in [2.05, 4.69) is 4.90 Å². The van der Waals surface area contributed by atoms with Crippen LogP contribution in [-0.4, -0.2) is 50.8 Å². The number of thiophene rings is 1. The SMILES string of the molecule is CN(C)C1CCCN(S(=O)(=O)c2ccsc2CN)C1. The molecular formula is C12H21N3O2S2. The van der Waals surface area contributed by atoms with E-state index >= 15 is 0 Å². The van der Waals surface area contributed by atoms with E-state index < -0.39 is 10.0 Å². The van der Waals surface area contributed by atoms with E-state index in [1.807, 2.05) is 14.1 Å². The lowest BCUT2D eigenvalue weighted by atomic mass is 10.1. The molecule has 1 aliphatic rings. The number of piperidine rings is 1. The minimum Gasteiger partial charge on any atom is -0.326 e. The van der Waals surface area contributed by atoms with E-state index in [9.17, 15) is 8.42 Å². The largest absolute Gasteiger partial charge is 0.326 e. The van der Waals surface area contributed by atoms with Gasteiger partial charge in [0, 0.05) is 30.6 Å². The zero-order chi connectivity index (χ0) is 14.0. The molecule has 0 radical (unpaired) electrons. The molecule has 1 aromatic heterocycles. The Morgan fingerprint density at radius 3 is 2.89 bits per heavy atom. The van der Waals surface area contributed by atoms with Gasteiger partial charge in [0.2, 0.25) is 10.0 Å². The summed E-state index contributed by atoms with van der Waals surface area (Å²) in [4.78, 5) is 3.23. The first kappa shape index (κ1) is 14.9. The molecule has 1 fully saturated rings. The van der Waals surface area contributed by atoms with E-state index in [0.717, 1.165) is 17.7 Å². The van der Waals surface area contributed by atoms with Crippen LogP contribution in [0, 0.1) is 0 Å². The first-order valence-electron chi connectivity index (χ1n) is 6.40. The molecule has 1 aromatic rings. The van der Waals surface area contributed by atoms with Crippen LogP contribution in [0.1, 0.15) is 17.7 Å². The van der Waals surface area contributed by atoms with Crippen molar-refractivity contribution in [3.05, 3.63) is 16.3 Å². The van der Waals surface area contributed by atoms with Crippen LogP contribution >= 0.6 is 11.3 Å². The summed E-state index contributed by atoms with van der Waals surface area (Å²) in [6.45, 7) is 1.44. The van der Waals surface area contributed by atoms with Crippen molar-refractivity contribution in [2.45, 2.75) is 30.3 Å². The topological polar surface area (TPSA) is 66.6 Å². The second-order valence-corrected chi connectivity index (χ2v) is 7.94. The molecule has 0 bridgehead atoms. The van der Waals surface area contributed by atoms with Gasteiger partial charge in [-0.15, -0.1) is 11.3 Å². The maximum absolute atomic E-state index is 12.7. The third kappa shape index (κ3) is 3.00. The lowest BCUT2D eigenvalue weighted by molar-refractivity contribution is 0.190. The predicted octanol–water partition coefficient (Wildman–Crippen LogP) is 0.921. The maximum Gasteiger partial charge on any atom is 0.244 e. The van der Waals surface area contributed by atoms with Gasteiger partial charge in [0.05, 0.1) is 4.90 Å². The highest BCUT2D eigenvalue weighted by molar-refractivity contribution is 7.89. The van der Waals surface area contributed by atoms with Gasteiger partial charge in [-0.2, -0.15) is 4.31 Å². The summed E-state index contributed by atoms with van der Waals surface area (Å²) >= 11 is 1.41. The van der Waals surface area contributed by atoms with Gasteiger partial charge in [-0.05, 0) is 38.4 Å². The Labute approximate surface area is 119 Å². The Hall–Kier alpha value is -0.470. The Morgan fingerprint density at radius 1 is 1.53 bits per heavy atom. The molecule has 1 atom stereocenters. The van der Waals surface area contributed by atoms with Crippen molar-refractivity contribution in [1.82, 2.24) is 9.21 Å². The molecule has 0 aromatic carbocycles. The van der Waals surface area contributed by atoms with Crippen molar-refractivity contribution >= 4 is 21.4 Å². The third-order valence-corrected chi connectivity index (χ3v) is 6.62. The van der Waals surface area contributed by atoms with E-state index in [1.54, 1.807) is 15.8 Å². The van der Waals surface area contributed by atoms with Crippen LogP contribution in [0.25, 0.3) is 0 Å². The zero-order valence-corrected chi connectivity index (χ0v) is 13.0. The second-order valence-electron chi connectivity index (χ2n) is 5.03. The van der Waals surface area contributed by atoms with Gasteiger partial charge in [-0.1, -0.05) is 0 Å². The Bertz CT molecular complexity index is 525. The van der Waals surface area contributed by atoms with E-state index in [-0.39, 0.29) is 6.54 Å². The van der Waals surface area contributed by atoms with Crippen LogP contribution in [0.15, 0.2) is 16.3 Å². The number of hydrogen-bond donors (Lipinski definition) is 1. The van der Waals surface area contributed by atoms with Gasteiger partial charge >= 0.3 is 0 Å². The van der Waals surface area contributed by atoms with Gasteiger partial charge < -0.3 is 10.6 Å². The van der Waals surface area contributed by atoms with Gasteiger partial charge in [0.15, 0.2) is 0 Å². The molecule has 0 saturated carbocycles. The quantitative estimate of drug-likeness (QED) is 0.898. The van der Waals surface area contributed by atoms with Crippen LogP contribution < -0.4 is 5.73 Å². The molecule has 2 heterocycles. The van der Waals surface area contributed by atoms with E-state index in [4.69, 9.17) is 5.73 Å². The highest BCUT2D eigenvalue weighted by Gasteiger charge is 2.32. The summed E-state index contributed by atoms with van der Waals surface area (Å²) in [5.74, 6) is 0. The van der Waals surface area contributed by atoms with Crippen molar-refractivity contribution in [3.63, 3.8) is 0 Å². The fourth-order valence-electron chi connectivity index (χ4n) is 2.41. The molecule has 1 unspecified atom stereocenters. The minimum absolute atomic E-state index is 0.275. The average molecular weight is 303 g/mol. The second kappa shape index (κ2) is 5.88. The van der Waals surface area contributed by atoms with Crippen molar-refractivity contribution in [2.75, 3.05) is 27.2 Å². The molecule has 7 heteroatoms. The smallest absolute Gasteiger partial charge is 0.244 e. The molecule has 1 aliphatic heterocycles. The summed E-state index contributed by atoms with van der Waals surface area (Å²) in [6.07, 6.45) is 1.95. The van der Waals surface area contributed by atoms with Crippen LogP contribution in [0.2, 0.25) is 0 Å². The van der Waals surface area contributed by atoms with Gasteiger partial charge in [0.1, 0.15) is 0 Å². The highest BCUT2D eigenvalue weighted by Crippen LogP contribution is 2.27. The first-order valence-corrected chi connectivity index (χ1v) is 8.71. The number of hydrogen-bond acceptors (Lipinski definition) is 5. The summed E-state index contributed by atoms with van der Waals surface area (Å²) in [5.41, 5.74) is 5.62. The number of nitrogens with zero attached hydrogens (tertiary/aromatic N) is 2. The van der Waals surface area contributed by atoms with Crippen molar-refractivity contribution in [2.24, 2.45) is 5.73 Å². The molecule has 0 amide bonds. The van der Waals surface area contributed by atoms with Crippen LogP contribution in [-0.2, 0) is 16.6 Å². The lowest BCUT2D eigenvalue weighted by Crippen LogP contribution is -2.47. The third-order valence-electron chi connectivity index (χ3n) is 3.60. The zero-order valence-electron chi connectivity index (χ0n) is 11.4. The first-order chi connectivity index (χ1) is 8.96. The maximum atomic E-state index is 12.7. The van der Waals surface area contributed by atoms with Gasteiger partial charge in [-0.25, -0.2) is 8.42 Å². The standard InChI is InChI=1S/C12H21N3O2S2/c1-14(2)10-4-3-6-15(9-10)19(16,17)12-5-7-18-11(12)8-13/h5,7,10H,3-4,6,8-9,13H2,1-2H3. The number of sulfonamides is 1. The van der Waals surface area contributed by atoms with Gasteiger partial charge in [-0.3, -0.25) is 0 Å². The minimum atomic E-state index is -3.39. The fraction of sp³-hybridized carbons (Fsp3) is 0.667. The van der Waals surface area contributed by atoms with Crippen molar-refractivity contribution in [1.29, 1.82) is 0 Å². The summed E-state index contributed by atoms with van der Waals surface area (Å²) in [6, 6.07) is 1.96. The molecule has 108 valence electrons. The van der Waals surface area contributed by atoms with Crippen molar-refractivity contribution < 1.29 is 8.42 Å². The summed E-state index contributed by atoms with van der Waals surface area (Å²) in [5, 5.41) is 1.79. The van der Waals surface area contributed by atoms with Crippen LogP contribution in [0.5, 0.6) is 0 Å². The molecule has 0 aliphatic carbocycles. The molecular weight excluding hydrogens is 282 g/mol.